The fourth-order valence-electron chi connectivity index (χ4n) is 5.99. The van der Waals surface area contributed by atoms with Crippen LogP contribution >= 0.6 is 0 Å². The highest BCUT2D eigenvalue weighted by Crippen LogP contribution is 2.41. The van der Waals surface area contributed by atoms with Gasteiger partial charge in [-0.05, 0) is 68.4 Å². The summed E-state index contributed by atoms with van der Waals surface area (Å²) in [5, 5.41) is 3.14. The van der Waals surface area contributed by atoms with Gasteiger partial charge in [-0.2, -0.15) is 13.2 Å². The molecule has 2 amide bonds. The van der Waals surface area contributed by atoms with E-state index in [0.29, 0.717) is 12.8 Å². The van der Waals surface area contributed by atoms with Crippen LogP contribution in [-0.2, 0) is 22.3 Å². The number of carbonyl (C=O) groups excluding carboxylic acids is 2. The van der Waals surface area contributed by atoms with E-state index in [-0.39, 0.29) is 24.1 Å². The zero-order valence-electron chi connectivity index (χ0n) is 21.4. The van der Waals surface area contributed by atoms with Gasteiger partial charge in [-0.3, -0.25) is 19.4 Å². The molecule has 0 bridgehead atoms. The summed E-state index contributed by atoms with van der Waals surface area (Å²) in [5.74, 6) is -0.717. The van der Waals surface area contributed by atoms with Gasteiger partial charge in [-0.15, -0.1) is 0 Å². The van der Waals surface area contributed by atoms with Crippen LogP contribution in [0.1, 0.15) is 66.4 Å². The first kappa shape index (κ1) is 26.7. The first-order valence-corrected chi connectivity index (χ1v) is 13.5. The van der Waals surface area contributed by atoms with Gasteiger partial charge in [-0.25, -0.2) is 0 Å². The van der Waals surface area contributed by atoms with Crippen molar-refractivity contribution in [3.05, 3.63) is 71.3 Å². The number of nitrogens with zero attached hydrogens (tertiary/aromatic N) is 2. The maximum absolute atomic E-state index is 13.7. The van der Waals surface area contributed by atoms with Crippen LogP contribution in [0.25, 0.3) is 0 Å². The maximum atomic E-state index is 13.7. The van der Waals surface area contributed by atoms with Crippen LogP contribution < -0.4 is 5.32 Å². The number of likely N-dealkylation sites (tertiary alicyclic amines) is 1. The van der Waals surface area contributed by atoms with Crippen molar-refractivity contribution in [3.8, 4) is 0 Å². The SMILES string of the molecule is O=C(NC1CCN(Cc2ccccc2)CC1)[C@@H]1COC2(CCCCC2)N1C(=O)c1ccc(C(F)(F)F)cc1. The van der Waals surface area contributed by atoms with E-state index in [2.05, 4.69) is 22.3 Å². The summed E-state index contributed by atoms with van der Waals surface area (Å²) in [7, 11) is 0. The minimum Gasteiger partial charge on any atom is -0.353 e. The molecule has 3 fully saturated rings. The predicted octanol–water partition coefficient (Wildman–Crippen LogP) is 4.99. The Bertz CT molecular complexity index is 1110. The molecular weight excluding hydrogens is 495 g/mol. The second-order valence-electron chi connectivity index (χ2n) is 10.6. The molecule has 1 spiro atoms. The third kappa shape index (κ3) is 5.73. The Hall–Kier alpha value is -2.91. The number of benzene rings is 2. The van der Waals surface area contributed by atoms with E-state index in [0.717, 1.165) is 63.9 Å². The minimum atomic E-state index is -4.48. The smallest absolute Gasteiger partial charge is 0.353 e. The summed E-state index contributed by atoms with van der Waals surface area (Å²) < 4.78 is 45.4. The molecule has 2 aromatic rings. The number of ether oxygens (including phenoxy) is 1. The van der Waals surface area contributed by atoms with Crippen molar-refractivity contribution in [2.75, 3.05) is 19.7 Å². The van der Waals surface area contributed by atoms with Crippen molar-refractivity contribution in [1.29, 1.82) is 0 Å². The van der Waals surface area contributed by atoms with Gasteiger partial charge in [-0.1, -0.05) is 36.8 Å². The highest BCUT2D eigenvalue weighted by molar-refractivity contribution is 5.98. The summed E-state index contributed by atoms with van der Waals surface area (Å²) in [6.07, 6.45) is 1.11. The standard InChI is InChI=1S/C29H34F3N3O3/c30-29(31,32)23-11-9-22(10-12-23)27(37)35-25(20-38-28(35)15-5-2-6-16-28)26(36)33-24-13-17-34(18-14-24)19-21-7-3-1-4-8-21/h1,3-4,7-12,24-25H,2,5-6,13-20H2,(H,33,36)/t25-/m0/s1. The number of hydrogen-bond acceptors (Lipinski definition) is 4. The van der Waals surface area contributed by atoms with Crippen molar-refractivity contribution in [1.82, 2.24) is 15.1 Å². The number of alkyl halides is 3. The molecule has 6 nitrogen and oxygen atoms in total. The van der Waals surface area contributed by atoms with Gasteiger partial charge in [0.15, 0.2) is 0 Å². The number of hydrogen-bond donors (Lipinski definition) is 1. The molecule has 1 N–H and O–H groups in total. The van der Waals surface area contributed by atoms with Crippen molar-refractivity contribution in [2.24, 2.45) is 0 Å². The van der Waals surface area contributed by atoms with E-state index < -0.39 is 29.4 Å². The van der Waals surface area contributed by atoms with Gasteiger partial charge in [0.2, 0.25) is 5.91 Å². The second kappa shape index (κ2) is 11.1. The lowest BCUT2D eigenvalue weighted by Crippen LogP contribution is -2.58. The quantitative estimate of drug-likeness (QED) is 0.593. The molecule has 3 aliphatic rings. The van der Waals surface area contributed by atoms with Crippen molar-refractivity contribution >= 4 is 11.8 Å². The van der Waals surface area contributed by atoms with Crippen molar-refractivity contribution < 1.29 is 27.5 Å². The Morgan fingerprint density at radius 1 is 0.947 bits per heavy atom. The molecule has 2 heterocycles. The normalized spacial score (nSPS) is 22.5. The highest BCUT2D eigenvalue weighted by Gasteiger charge is 2.53. The van der Waals surface area contributed by atoms with Crippen molar-refractivity contribution in [3.63, 3.8) is 0 Å². The fourth-order valence-corrected chi connectivity index (χ4v) is 5.99. The van der Waals surface area contributed by atoms with Gasteiger partial charge in [0, 0.05) is 31.2 Å². The Labute approximate surface area is 221 Å². The number of carbonyl (C=O) groups is 2. The van der Waals surface area contributed by atoms with Crippen LogP contribution in [0.4, 0.5) is 13.2 Å². The van der Waals surface area contributed by atoms with Gasteiger partial charge in [0.1, 0.15) is 11.8 Å². The van der Waals surface area contributed by atoms with E-state index in [1.807, 2.05) is 18.2 Å². The summed E-state index contributed by atoms with van der Waals surface area (Å²) in [6.45, 7) is 2.68. The third-order valence-electron chi connectivity index (χ3n) is 8.06. The first-order valence-electron chi connectivity index (χ1n) is 13.5. The van der Waals surface area contributed by atoms with Crippen LogP contribution in [0.3, 0.4) is 0 Å². The molecule has 9 heteroatoms. The minimum absolute atomic E-state index is 0.000417. The molecule has 5 rings (SSSR count). The topological polar surface area (TPSA) is 61.9 Å². The van der Waals surface area contributed by atoms with E-state index in [1.165, 1.54) is 22.6 Å². The van der Waals surface area contributed by atoms with Crippen LogP contribution in [0, 0.1) is 0 Å². The summed E-state index contributed by atoms with van der Waals surface area (Å²) in [6, 6.07) is 13.7. The number of halogens is 3. The number of amides is 2. The average Bonchev–Trinajstić information content (AvgIpc) is 3.28. The summed E-state index contributed by atoms with van der Waals surface area (Å²) in [4.78, 5) is 31.1. The van der Waals surface area contributed by atoms with E-state index in [9.17, 15) is 22.8 Å². The lowest BCUT2D eigenvalue weighted by molar-refractivity contribution is -0.137. The van der Waals surface area contributed by atoms with Gasteiger partial charge in [0.25, 0.3) is 5.91 Å². The molecule has 1 aliphatic carbocycles. The maximum Gasteiger partial charge on any atom is 0.416 e. The molecule has 2 aliphatic heterocycles. The largest absolute Gasteiger partial charge is 0.416 e. The van der Waals surface area contributed by atoms with E-state index in [4.69, 9.17) is 4.74 Å². The first-order chi connectivity index (χ1) is 18.2. The molecule has 2 aromatic carbocycles. The number of piperidine rings is 1. The lowest BCUT2D eigenvalue weighted by atomic mass is 9.89. The molecule has 0 radical (unpaired) electrons. The zero-order valence-corrected chi connectivity index (χ0v) is 21.4. The van der Waals surface area contributed by atoms with E-state index >= 15 is 0 Å². The van der Waals surface area contributed by atoms with Crippen LogP contribution in [0.15, 0.2) is 54.6 Å². The molecule has 0 unspecified atom stereocenters. The zero-order chi connectivity index (χ0) is 26.8. The Morgan fingerprint density at radius 3 is 2.24 bits per heavy atom. The lowest BCUT2D eigenvalue weighted by Gasteiger charge is -2.42. The Kier molecular flexibility index (Phi) is 7.77. The van der Waals surface area contributed by atoms with E-state index in [1.54, 1.807) is 0 Å². The highest BCUT2D eigenvalue weighted by atomic mass is 19.4. The van der Waals surface area contributed by atoms with Gasteiger partial charge in [0.05, 0.1) is 12.2 Å². The third-order valence-corrected chi connectivity index (χ3v) is 8.06. The van der Waals surface area contributed by atoms with Crippen molar-refractivity contribution in [2.45, 2.75) is 75.5 Å². The number of nitrogens with one attached hydrogen (secondary N) is 1. The van der Waals surface area contributed by atoms with Gasteiger partial charge >= 0.3 is 6.18 Å². The molecule has 1 saturated carbocycles. The molecule has 2 saturated heterocycles. The molecule has 38 heavy (non-hydrogen) atoms. The van der Waals surface area contributed by atoms with Crippen LogP contribution in [0.5, 0.6) is 0 Å². The Balaban J connectivity index is 1.26. The van der Waals surface area contributed by atoms with Crippen LogP contribution in [0.2, 0.25) is 0 Å². The average molecular weight is 530 g/mol. The molecule has 204 valence electrons. The van der Waals surface area contributed by atoms with Crippen LogP contribution in [-0.4, -0.2) is 59.1 Å². The predicted molar refractivity (Wildman–Crippen MR) is 136 cm³/mol. The summed E-state index contributed by atoms with van der Waals surface area (Å²) in [5.41, 5.74) is -0.320. The second-order valence-corrected chi connectivity index (χ2v) is 10.6. The summed E-state index contributed by atoms with van der Waals surface area (Å²) >= 11 is 0. The molecular formula is C29H34F3N3O3. The Morgan fingerprint density at radius 2 is 1.61 bits per heavy atom. The molecule has 1 atom stereocenters. The molecule has 0 aromatic heterocycles. The fraction of sp³-hybridized carbons (Fsp3) is 0.517. The monoisotopic (exact) mass is 529 g/mol. The van der Waals surface area contributed by atoms with Gasteiger partial charge < -0.3 is 10.1 Å². The number of rotatable bonds is 5.